The molecule has 1 aliphatic heterocycles. The topological polar surface area (TPSA) is 62.3 Å². The van der Waals surface area contributed by atoms with E-state index in [-0.39, 0.29) is 11.8 Å². The smallest absolute Gasteiger partial charge is 0.253 e. The predicted octanol–water partition coefficient (Wildman–Crippen LogP) is 4.10. The lowest BCUT2D eigenvalue weighted by molar-refractivity contribution is -0.141. The van der Waals surface area contributed by atoms with Crippen molar-refractivity contribution in [1.29, 1.82) is 0 Å². The highest BCUT2D eigenvalue weighted by atomic mass is 32.1. The molecule has 1 unspecified atom stereocenters. The third-order valence-corrected chi connectivity index (χ3v) is 6.43. The molecule has 142 valence electrons. The van der Waals surface area contributed by atoms with Crippen LogP contribution in [0.3, 0.4) is 0 Å². The fourth-order valence-electron chi connectivity index (χ4n) is 3.96. The Bertz CT molecular complexity index is 795. The maximum atomic E-state index is 13.2. The Labute approximate surface area is 163 Å². The van der Waals surface area contributed by atoms with Crippen molar-refractivity contribution in [2.75, 3.05) is 11.9 Å². The van der Waals surface area contributed by atoms with E-state index in [1.54, 1.807) is 16.2 Å². The van der Waals surface area contributed by atoms with Gasteiger partial charge in [-0.15, -0.1) is 11.3 Å². The van der Waals surface area contributed by atoms with Gasteiger partial charge >= 0.3 is 0 Å². The van der Waals surface area contributed by atoms with E-state index < -0.39 is 6.04 Å². The first-order valence-electron chi connectivity index (χ1n) is 9.86. The molecule has 0 saturated carbocycles. The summed E-state index contributed by atoms with van der Waals surface area (Å²) in [5.74, 6) is -0.111. The summed E-state index contributed by atoms with van der Waals surface area (Å²) in [6.45, 7) is 0.625. The standard InChI is InChI=1S/C21H25N3O2S/c25-18-13-7-8-14-24(18)19(15-9-3-1-4-10-15)20(26)23-21-22-16-11-5-2-6-12-17(16)27-21/h1,3-4,9-10,19H,2,5-8,11-14H2,(H,22,23,26). The van der Waals surface area contributed by atoms with E-state index in [9.17, 15) is 9.59 Å². The van der Waals surface area contributed by atoms with Gasteiger partial charge in [-0.1, -0.05) is 36.8 Å². The van der Waals surface area contributed by atoms with Crippen molar-refractivity contribution in [3.63, 3.8) is 0 Å². The molecule has 0 spiro atoms. The van der Waals surface area contributed by atoms with Gasteiger partial charge in [0, 0.05) is 17.8 Å². The van der Waals surface area contributed by atoms with Gasteiger partial charge in [-0.2, -0.15) is 0 Å². The third-order valence-electron chi connectivity index (χ3n) is 5.36. The van der Waals surface area contributed by atoms with Crippen LogP contribution >= 0.6 is 11.3 Å². The van der Waals surface area contributed by atoms with Crippen LogP contribution in [0.1, 0.15) is 60.7 Å². The lowest BCUT2D eigenvalue weighted by Crippen LogP contribution is -2.43. The largest absolute Gasteiger partial charge is 0.327 e. The van der Waals surface area contributed by atoms with Gasteiger partial charge in [0.1, 0.15) is 6.04 Å². The van der Waals surface area contributed by atoms with E-state index in [2.05, 4.69) is 10.3 Å². The Morgan fingerprint density at radius 2 is 1.81 bits per heavy atom. The van der Waals surface area contributed by atoms with Gasteiger partial charge in [-0.05, 0) is 44.1 Å². The summed E-state index contributed by atoms with van der Waals surface area (Å²) in [6, 6.07) is 8.99. The Balaban J connectivity index is 1.58. The van der Waals surface area contributed by atoms with Crippen LogP contribution in [-0.2, 0) is 22.4 Å². The molecule has 2 heterocycles. The summed E-state index contributed by atoms with van der Waals surface area (Å²) >= 11 is 1.59. The number of rotatable bonds is 4. The number of aromatic nitrogens is 1. The van der Waals surface area contributed by atoms with Gasteiger partial charge in [-0.25, -0.2) is 4.98 Å². The van der Waals surface area contributed by atoms with Crippen LogP contribution in [0.15, 0.2) is 30.3 Å². The fourth-order valence-corrected chi connectivity index (χ4v) is 5.02. The summed E-state index contributed by atoms with van der Waals surface area (Å²) in [5.41, 5.74) is 1.99. The molecular weight excluding hydrogens is 358 g/mol. The summed E-state index contributed by atoms with van der Waals surface area (Å²) in [5, 5.41) is 3.67. The number of hydrogen-bond acceptors (Lipinski definition) is 4. The zero-order valence-electron chi connectivity index (χ0n) is 15.4. The van der Waals surface area contributed by atoms with Crippen LogP contribution in [0.25, 0.3) is 0 Å². The van der Waals surface area contributed by atoms with Gasteiger partial charge < -0.3 is 4.90 Å². The SMILES string of the molecule is O=C(Nc1nc2c(s1)CCCCC2)C(c1ccccc1)N1CCCCC1=O. The lowest BCUT2D eigenvalue weighted by atomic mass is 10.0. The minimum atomic E-state index is -0.595. The van der Waals surface area contributed by atoms with Crippen LogP contribution in [-0.4, -0.2) is 28.2 Å². The molecular formula is C21H25N3O2S. The van der Waals surface area contributed by atoms with Gasteiger partial charge in [0.2, 0.25) is 5.91 Å². The molecule has 1 fully saturated rings. The van der Waals surface area contributed by atoms with Crippen LogP contribution in [0.2, 0.25) is 0 Å². The summed E-state index contributed by atoms with van der Waals surface area (Å²) in [4.78, 5) is 33.4. The number of likely N-dealkylation sites (tertiary alicyclic amines) is 1. The molecule has 0 radical (unpaired) electrons. The molecule has 6 heteroatoms. The van der Waals surface area contributed by atoms with Crippen LogP contribution in [0, 0.1) is 0 Å². The van der Waals surface area contributed by atoms with Crippen molar-refractivity contribution in [1.82, 2.24) is 9.88 Å². The number of carbonyl (C=O) groups is 2. The van der Waals surface area contributed by atoms with E-state index in [1.165, 1.54) is 24.1 Å². The first-order chi connectivity index (χ1) is 13.2. The molecule has 2 amide bonds. The van der Waals surface area contributed by atoms with Crippen molar-refractivity contribution in [2.45, 2.75) is 57.4 Å². The fraction of sp³-hybridized carbons (Fsp3) is 0.476. The number of hydrogen-bond donors (Lipinski definition) is 1. The molecule has 4 rings (SSSR count). The molecule has 0 bridgehead atoms. The molecule has 1 atom stereocenters. The molecule has 5 nitrogen and oxygen atoms in total. The first kappa shape index (κ1) is 18.2. The third kappa shape index (κ3) is 4.05. The lowest BCUT2D eigenvalue weighted by Gasteiger charge is -2.33. The number of piperidine rings is 1. The minimum absolute atomic E-state index is 0.0557. The van der Waals surface area contributed by atoms with Gasteiger partial charge in [0.25, 0.3) is 5.91 Å². The number of nitrogens with one attached hydrogen (secondary N) is 1. The molecule has 27 heavy (non-hydrogen) atoms. The van der Waals surface area contributed by atoms with E-state index >= 15 is 0 Å². The molecule has 2 aliphatic rings. The molecule has 1 saturated heterocycles. The number of anilines is 1. The van der Waals surface area contributed by atoms with E-state index in [4.69, 9.17) is 0 Å². The van der Waals surface area contributed by atoms with E-state index in [0.29, 0.717) is 18.1 Å². The molecule has 1 aromatic carbocycles. The van der Waals surface area contributed by atoms with Crippen molar-refractivity contribution in [3.05, 3.63) is 46.5 Å². The number of aryl methyl sites for hydroxylation is 2. The van der Waals surface area contributed by atoms with Gasteiger partial charge in [-0.3, -0.25) is 14.9 Å². The summed E-state index contributed by atoms with van der Waals surface area (Å²) in [7, 11) is 0. The van der Waals surface area contributed by atoms with Crippen LogP contribution in [0.4, 0.5) is 5.13 Å². The second kappa shape index (κ2) is 8.21. The Morgan fingerprint density at radius 3 is 2.63 bits per heavy atom. The number of benzene rings is 1. The van der Waals surface area contributed by atoms with Crippen molar-refractivity contribution in [2.24, 2.45) is 0 Å². The molecule has 1 N–H and O–H groups in total. The highest BCUT2D eigenvalue weighted by molar-refractivity contribution is 7.15. The highest BCUT2D eigenvalue weighted by Gasteiger charge is 2.33. The minimum Gasteiger partial charge on any atom is -0.327 e. The normalized spacial score (nSPS) is 18.5. The van der Waals surface area contributed by atoms with Crippen molar-refractivity contribution >= 4 is 28.3 Å². The Kier molecular flexibility index (Phi) is 5.53. The number of thiazole rings is 1. The van der Waals surface area contributed by atoms with Crippen LogP contribution < -0.4 is 5.32 Å². The predicted molar refractivity (Wildman–Crippen MR) is 107 cm³/mol. The zero-order valence-corrected chi connectivity index (χ0v) is 16.3. The summed E-state index contributed by atoms with van der Waals surface area (Å²) < 4.78 is 0. The molecule has 1 aromatic heterocycles. The number of nitrogens with zero attached hydrogens (tertiary/aromatic N) is 2. The number of amides is 2. The van der Waals surface area contributed by atoms with Gasteiger partial charge in [0.05, 0.1) is 5.69 Å². The number of carbonyl (C=O) groups excluding carboxylic acids is 2. The average Bonchev–Trinajstić information content (AvgIpc) is 2.92. The van der Waals surface area contributed by atoms with E-state index in [1.807, 2.05) is 30.3 Å². The molecule has 2 aromatic rings. The zero-order chi connectivity index (χ0) is 18.6. The highest BCUT2D eigenvalue weighted by Crippen LogP contribution is 2.31. The second-order valence-electron chi connectivity index (χ2n) is 7.30. The van der Waals surface area contributed by atoms with Crippen molar-refractivity contribution < 1.29 is 9.59 Å². The first-order valence-corrected chi connectivity index (χ1v) is 10.7. The van der Waals surface area contributed by atoms with Gasteiger partial charge in [0.15, 0.2) is 5.13 Å². The number of fused-ring (bicyclic) bond motifs is 1. The Morgan fingerprint density at radius 1 is 1.04 bits per heavy atom. The second-order valence-corrected chi connectivity index (χ2v) is 8.38. The molecule has 1 aliphatic carbocycles. The van der Waals surface area contributed by atoms with E-state index in [0.717, 1.165) is 36.9 Å². The quantitative estimate of drug-likeness (QED) is 0.809. The maximum Gasteiger partial charge on any atom is 0.253 e. The average molecular weight is 384 g/mol. The van der Waals surface area contributed by atoms with Crippen molar-refractivity contribution in [3.8, 4) is 0 Å². The maximum absolute atomic E-state index is 13.2. The monoisotopic (exact) mass is 383 g/mol. The summed E-state index contributed by atoms with van der Waals surface area (Å²) in [6.07, 6.45) is 8.01. The van der Waals surface area contributed by atoms with Crippen LogP contribution in [0.5, 0.6) is 0 Å². The Hall–Kier alpha value is -2.21.